The van der Waals surface area contributed by atoms with E-state index in [1.165, 1.54) is 5.57 Å². The highest BCUT2D eigenvalue weighted by atomic mass is 16.5. The fraction of sp³-hybridized carbons (Fsp3) is 0.562. The number of hydrogen-bond acceptors (Lipinski definition) is 2. The largest absolute Gasteiger partial charge is 0.475 e. The molecule has 0 saturated heterocycles. The highest BCUT2D eigenvalue weighted by Crippen LogP contribution is 2.32. The molecule has 0 radical (unpaired) electrons. The number of hydrogen-bond donors (Lipinski definition) is 0. The fourth-order valence-corrected chi connectivity index (χ4v) is 2.31. The predicted molar refractivity (Wildman–Crippen MR) is 75.4 cm³/mol. The summed E-state index contributed by atoms with van der Waals surface area (Å²) in [6.45, 7) is 9.00. The summed E-state index contributed by atoms with van der Waals surface area (Å²) in [6.07, 6.45) is 7.37. The van der Waals surface area contributed by atoms with E-state index in [4.69, 9.17) is 4.74 Å². The minimum atomic E-state index is -0.0875. The van der Waals surface area contributed by atoms with Gasteiger partial charge in [-0.05, 0) is 32.6 Å². The second-order valence-corrected chi connectivity index (χ2v) is 5.61. The van der Waals surface area contributed by atoms with Crippen LogP contribution in [0.3, 0.4) is 0 Å². The lowest BCUT2D eigenvalue weighted by molar-refractivity contribution is 0.276. The van der Waals surface area contributed by atoms with Gasteiger partial charge in [-0.1, -0.05) is 25.2 Å². The van der Waals surface area contributed by atoms with Crippen LogP contribution in [0.4, 0.5) is 0 Å². The summed E-state index contributed by atoms with van der Waals surface area (Å²) < 4.78 is 5.74. The van der Waals surface area contributed by atoms with Crippen molar-refractivity contribution in [3.63, 3.8) is 0 Å². The van der Waals surface area contributed by atoms with Gasteiger partial charge in [0.1, 0.15) is 6.61 Å². The Morgan fingerprint density at radius 1 is 1.50 bits per heavy atom. The molecule has 1 heterocycles. The molecule has 18 heavy (non-hydrogen) atoms. The summed E-state index contributed by atoms with van der Waals surface area (Å²) in [6, 6.07) is 0. The Morgan fingerprint density at radius 2 is 2.28 bits per heavy atom. The molecule has 2 heteroatoms. The number of aliphatic imine (C=N–C) groups is 1. The van der Waals surface area contributed by atoms with Crippen LogP contribution in [0.15, 0.2) is 28.8 Å². The van der Waals surface area contributed by atoms with Gasteiger partial charge < -0.3 is 4.74 Å². The first-order valence-corrected chi connectivity index (χ1v) is 6.54. The maximum Gasteiger partial charge on any atom is 0.212 e. The predicted octanol–water partition coefficient (Wildman–Crippen LogP) is 3.36. The van der Waals surface area contributed by atoms with Crippen molar-refractivity contribution < 1.29 is 4.74 Å². The van der Waals surface area contributed by atoms with Crippen LogP contribution < -0.4 is 0 Å². The molecule has 0 fully saturated rings. The van der Waals surface area contributed by atoms with Crippen LogP contribution >= 0.6 is 0 Å². The molecule has 2 nitrogen and oxygen atoms in total. The van der Waals surface area contributed by atoms with Crippen LogP contribution in [0.1, 0.15) is 34.1 Å². The highest BCUT2D eigenvalue weighted by Gasteiger charge is 2.32. The standard InChI is InChI=1S/C16H21NO/c1-5-6-8-13-9-7-10-14(12(13)2)15-17-16(3,4)11-18-15/h7,9-10,12-13H,8,11H2,1-4H3/t12-,13+/m0/s1. The van der Waals surface area contributed by atoms with Gasteiger partial charge in [-0.25, -0.2) is 4.99 Å². The van der Waals surface area contributed by atoms with E-state index >= 15 is 0 Å². The molecule has 0 amide bonds. The highest BCUT2D eigenvalue weighted by molar-refractivity contribution is 5.96. The molecule has 0 bridgehead atoms. The van der Waals surface area contributed by atoms with Crippen molar-refractivity contribution in [1.29, 1.82) is 0 Å². The van der Waals surface area contributed by atoms with Crippen LogP contribution in [0.25, 0.3) is 0 Å². The molecular formula is C16H21NO. The zero-order valence-electron chi connectivity index (χ0n) is 11.7. The van der Waals surface area contributed by atoms with Crippen LogP contribution in [-0.2, 0) is 4.74 Å². The van der Waals surface area contributed by atoms with Crippen molar-refractivity contribution in [3.8, 4) is 11.8 Å². The Balaban J connectivity index is 2.16. The third kappa shape index (κ3) is 2.67. The van der Waals surface area contributed by atoms with Crippen molar-refractivity contribution in [2.45, 2.75) is 39.7 Å². The molecule has 96 valence electrons. The lowest BCUT2D eigenvalue weighted by atomic mass is 9.81. The van der Waals surface area contributed by atoms with Crippen LogP contribution in [-0.4, -0.2) is 18.0 Å². The summed E-state index contributed by atoms with van der Waals surface area (Å²) >= 11 is 0. The van der Waals surface area contributed by atoms with Crippen molar-refractivity contribution in [2.24, 2.45) is 16.8 Å². The average molecular weight is 243 g/mol. The first kappa shape index (κ1) is 13.0. The van der Waals surface area contributed by atoms with E-state index in [-0.39, 0.29) is 5.54 Å². The van der Waals surface area contributed by atoms with Crippen molar-refractivity contribution in [2.75, 3.05) is 6.61 Å². The van der Waals surface area contributed by atoms with Gasteiger partial charge in [0, 0.05) is 12.0 Å². The Kier molecular flexibility index (Phi) is 3.61. The third-order valence-corrected chi connectivity index (χ3v) is 3.49. The van der Waals surface area contributed by atoms with E-state index in [9.17, 15) is 0 Å². The van der Waals surface area contributed by atoms with E-state index < -0.39 is 0 Å². The summed E-state index contributed by atoms with van der Waals surface area (Å²) in [7, 11) is 0. The first-order valence-electron chi connectivity index (χ1n) is 6.54. The summed E-state index contributed by atoms with van der Waals surface area (Å²) in [5.41, 5.74) is 1.13. The van der Waals surface area contributed by atoms with E-state index in [1.54, 1.807) is 0 Å². The Morgan fingerprint density at radius 3 is 2.89 bits per heavy atom. The molecule has 0 unspecified atom stereocenters. The van der Waals surface area contributed by atoms with Gasteiger partial charge in [-0.15, -0.1) is 11.8 Å². The Labute approximate surface area is 110 Å². The third-order valence-electron chi connectivity index (χ3n) is 3.49. The molecule has 2 atom stereocenters. The molecule has 0 aromatic carbocycles. The molecule has 0 aromatic heterocycles. The molecule has 0 aromatic rings. The van der Waals surface area contributed by atoms with Crippen molar-refractivity contribution in [3.05, 3.63) is 23.8 Å². The summed E-state index contributed by atoms with van der Waals surface area (Å²) in [5, 5.41) is 0. The van der Waals surface area contributed by atoms with Gasteiger partial charge in [0.15, 0.2) is 0 Å². The maximum atomic E-state index is 5.74. The van der Waals surface area contributed by atoms with Gasteiger partial charge in [0.05, 0.1) is 5.54 Å². The second-order valence-electron chi connectivity index (χ2n) is 5.61. The van der Waals surface area contributed by atoms with Gasteiger partial charge >= 0.3 is 0 Å². The van der Waals surface area contributed by atoms with E-state index in [2.05, 4.69) is 55.8 Å². The molecular weight excluding hydrogens is 222 g/mol. The zero-order chi connectivity index (χ0) is 13.2. The van der Waals surface area contributed by atoms with Gasteiger partial charge in [0.25, 0.3) is 0 Å². The summed E-state index contributed by atoms with van der Waals surface area (Å²) in [5.74, 6) is 7.85. The quantitative estimate of drug-likeness (QED) is 0.681. The first-order chi connectivity index (χ1) is 8.53. The zero-order valence-corrected chi connectivity index (χ0v) is 11.7. The Hall–Kier alpha value is -1.49. The van der Waals surface area contributed by atoms with E-state index in [1.807, 2.05) is 6.92 Å². The van der Waals surface area contributed by atoms with Gasteiger partial charge in [-0.3, -0.25) is 0 Å². The topological polar surface area (TPSA) is 21.6 Å². The molecule has 1 aliphatic heterocycles. The molecule has 1 aliphatic carbocycles. The van der Waals surface area contributed by atoms with Crippen LogP contribution in [0, 0.1) is 23.7 Å². The van der Waals surface area contributed by atoms with Gasteiger partial charge in [0.2, 0.25) is 5.90 Å². The minimum Gasteiger partial charge on any atom is -0.475 e. The summed E-state index contributed by atoms with van der Waals surface area (Å²) in [4.78, 5) is 4.67. The average Bonchev–Trinajstić information content (AvgIpc) is 2.68. The minimum absolute atomic E-state index is 0.0875. The second kappa shape index (κ2) is 5.02. The smallest absolute Gasteiger partial charge is 0.212 e. The maximum absolute atomic E-state index is 5.74. The number of allylic oxidation sites excluding steroid dienone is 3. The Bertz CT molecular complexity index is 471. The van der Waals surface area contributed by atoms with E-state index in [0.29, 0.717) is 18.4 Å². The normalized spacial score (nSPS) is 28.9. The number of ether oxygens (including phenoxy) is 1. The molecule has 0 spiro atoms. The number of nitrogens with zero attached hydrogens (tertiary/aromatic N) is 1. The van der Waals surface area contributed by atoms with Crippen LogP contribution in [0.5, 0.6) is 0 Å². The van der Waals surface area contributed by atoms with Crippen LogP contribution in [0.2, 0.25) is 0 Å². The molecule has 2 aliphatic rings. The SMILES string of the molecule is CC#CC[C@@H]1C=CC=C(C2=NC(C)(C)CO2)[C@H]1C. The monoisotopic (exact) mass is 243 g/mol. The van der Waals surface area contributed by atoms with Crippen molar-refractivity contribution >= 4 is 5.90 Å². The molecule has 2 rings (SSSR count). The lowest BCUT2D eigenvalue weighted by Crippen LogP contribution is -2.20. The fourth-order valence-electron chi connectivity index (χ4n) is 2.31. The van der Waals surface area contributed by atoms with Gasteiger partial charge in [-0.2, -0.15) is 0 Å². The molecule has 0 N–H and O–H groups in total. The molecule has 0 saturated carbocycles. The van der Waals surface area contributed by atoms with E-state index in [0.717, 1.165) is 12.3 Å². The van der Waals surface area contributed by atoms with Crippen molar-refractivity contribution in [1.82, 2.24) is 0 Å². The lowest BCUT2D eigenvalue weighted by Gasteiger charge is -2.24. The number of rotatable bonds is 2.